The van der Waals surface area contributed by atoms with E-state index in [1.807, 2.05) is 0 Å². The summed E-state index contributed by atoms with van der Waals surface area (Å²) in [6.45, 7) is 1.30. The van der Waals surface area contributed by atoms with Crippen molar-refractivity contribution in [1.82, 2.24) is 15.4 Å². The maximum absolute atomic E-state index is 11.6. The molecular weight excluding hydrogens is 254 g/mol. The van der Waals surface area contributed by atoms with Crippen LogP contribution >= 0.6 is 0 Å². The zero-order chi connectivity index (χ0) is 13.4. The summed E-state index contributed by atoms with van der Waals surface area (Å²) in [6.07, 6.45) is 3.80. The molecule has 3 N–H and O–H groups in total. The minimum atomic E-state index is -3.25. The van der Waals surface area contributed by atoms with Crippen molar-refractivity contribution in [2.75, 3.05) is 32.4 Å². The molecule has 0 radical (unpaired) electrons. The van der Waals surface area contributed by atoms with Gasteiger partial charge in [-0.1, -0.05) is 6.42 Å². The molecule has 0 aromatic rings. The fraction of sp³-hybridized carbons (Fsp3) is 0.909. The summed E-state index contributed by atoms with van der Waals surface area (Å²) in [7, 11) is -1.48. The molecule has 1 amide bonds. The molecule has 0 heterocycles. The van der Waals surface area contributed by atoms with E-state index in [0.717, 1.165) is 12.8 Å². The number of carbonyl (C=O) groups excluding carboxylic acids is 1. The maximum Gasteiger partial charge on any atom is 0.221 e. The summed E-state index contributed by atoms with van der Waals surface area (Å²) < 4.78 is 25.8. The zero-order valence-corrected chi connectivity index (χ0v) is 11.7. The van der Waals surface area contributed by atoms with Crippen LogP contribution in [0.15, 0.2) is 0 Å². The highest BCUT2D eigenvalue weighted by molar-refractivity contribution is 7.89. The molecule has 0 atom stereocenters. The van der Waals surface area contributed by atoms with Crippen LogP contribution in [-0.4, -0.2) is 46.8 Å². The van der Waals surface area contributed by atoms with Crippen molar-refractivity contribution in [2.45, 2.75) is 25.7 Å². The smallest absolute Gasteiger partial charge is 0.221 e. The summed E-state index contributed by atoms with van der Waals surface area (Å²) in [5, 5.41) is 5.45. The molecule has 1 saturated carbocycles. The molecule has 0 bridgehead atoms. The third-order valence-electron chi connectivity index (χ3n) is 3.11. The predicted molar refractivity (Wildman–Crippen MR) is 70.7 cm³/mol. The SMILES string of the molecule is CNCCC(=O)NCCS(=O)(=O)NCC1CCC1. The summed E-state index contributed by atoms with van der Waals surface area (Å²) in [6, 6.07) is 0. The van der Waals surface area contributed by atoms with Crippen LogP contribution in [0.25, 0.3) is 0 Å². The van der Waals surface area contributed by atoms with Crippen molar-refractivity contribution < 1.29 is 13.2 Å². The van der Waals surface area contributed by atoms with Crippen molar-refractivity contribution in [3.05, 3.63) is 0 Å². The van der Waals surface area contributed by atoms with Crippen LogP contribution in [-0.2, 0) is 14.8 Å². The summed E-state index contributed by atoms with van der Waals surface area (Å²) >= 11 is 0. The van der Waals surface area contributed by atoms with E-state index in [1.54, 1.807) is 7.05 Å². The fourth-order valence-electron chi connectivity index (χ4n) is 1.67. The lowest BCUT2D eigenvalue weighted by atomic mass is 9.86. The van der Waals surface area contributed by atoms with E-state index in [0.29, 0.717) is 25.4 Å². The van der Waals surface area contributed by atoms with Crippen LogP contribution in [0.4, 0.5) is 0 Å². The highest BCUT2D eigenvalue weighted by atomic mass is 32.2. The Hall–Kier alpha value is -0.660. The van der Waals surface area contributed by atoms with Crippen LogP contribution < -0.4 is 15.4 Å². The minimum absolute atomic E-state index is 0.0506. The topological polar surface area (TPSA) is 87.3 Å². The zero-order valence-electron chi connectivity index (χ0n) is 10.9. The molecular formula is C11H23N3O3S. The Morgan fingerprint density at radius 2 is 2.00 bits per heavy atom. The molecule has 1 aliphatic rings. The molecule has 1 aliphatic carbocycles. The number of hydrogen-bond donors (Lipinski definition) is 3. The number of nitrogens with one attached hydrogen (secondary N) is 3. The Morgan fingerprint density at radius 3 is 2.56 bits per heavy atom. The minimum Gasteiger partial charge on any atom is -0.355 e. The first-order valence-electron chi connectivity index (χ1n) is 6.42. The number of carbonyl (C=O) groups is 1. The third kappa shape index (κ3) is 6.32. The van der Waals surface area contributed by atoms with Gasteiger partial charge in [0.15, 0.2) is 0 Å². The van der Waals surface area contributed by atoms with Crippen LogP contribution in [0, 0.1) is 5.92 Å². The molecule has 0 saturated heterocycles. The number of sulfonamides is 1. The Bertz CT molecular complexity index is 353. The van der Waals surface area contributed by atoms with Gasteiger partial charge in [-0.2, -0.15) is 0 Å². The maximum atomic E-state index is 11.6. The normalized spacial score (nSPS) is 16.3. The van der Waals surface area contributed by atoms with Gasteiger partial charge in [-0.05, 0) is 25.8 Å². The van der Waals surface area contributed by atoms with Gasteiger partial charge in [0.2, 0.25) is 15.9 Å². The van der Waals surface area contributed by atoms with E-state index in [4.69, 9.17) is 0 Å². The molecule has 0 unspecified atom stereocenters. The van der Waals surface area contributed by atoms with Crippen molar-refractivity contribution in [3.63, 3.8) is 0 Å². The van der Waals surface area contributed by atoms with Crippen LogP contribution in [0.5, 0.6) is 0 Å². The van der Waals surface area contributed by atoms with E-state index in [2.05, 4.69) is 15.4 Å². The van der Waals surface area contributed by atoms with E-state index < -0.39 is 10.0 Å². The van der Waals surface area contributed by atoms with Crippen molar-refractivity contribution in [1.29, 1.82) is 0 Å². The Balaban J connectivity index is 2.10. The van der Waals surface area contributed by atoms with Gasteiger partial charge < -0.3 is 10.6 Å². The number of hydrogen-bond acceptors (Lipinski definition) is 4. The van der Waals surface area contributed by atoms with Gasteiger partial charge in [-0.15, -0.1) is 0 Å². The molecule has 0 aromatic heterocycles. The summed E-state index contributed by atoms with van der Waals surface area (Å²) in [5.41, 5.74) is 0. The molecule has 1 rings (SSSR count). The molecule has 0 aromatic carbocycles. The largest absolute Gasteiger partial charge is 0.355 e. The second-order valence-electron chi connectivity index (χ2n) is 4.67. The van der Waals surface area contributed by atoms with Crippen molar-refractivity contribution in [2.24, 2.45) is 5.92 Å². The highest BCUT2D eigenvalue weighted by Gasteiger charge is 2.20. The lowest BCUT2D eigenvalue weighted by molar-refractivity contribution is -0.120. The lowest BCUT2D eigenvalue weighted by Crippen LogP contribution is -2.38. The summed E-state index contributed by atoms with van der Waals surface area (Å²) in [5.74, 6) is 0.328. The average Bonchev–Trinajstić information content (AvgIpc) is 2.23. The van der Waals surface area contributed by atoms with Crippen molar-refractivity contribution >= 4 is 15.9 Å². The van der Waals surface area contributed by atoms with Gasteiger partial charge in [0, 0.05) is 26.1 Å². The molecule has 0 aliphatic heterocycles. The number of amides is 1. The molecule has 7 heteroatoms. The molecule has 1 fully saturated rings. The highest BCUT2D eigenvalue weighted by Crippen LogP contribution is 2.25. The van der Waals surface area contributed by atoms with Gasteiger partial charge in [-0.25, -0.2) is 13.1 Å². The second-order valence-corrected chi connectivity index (χ2v) is 6.59. The van der Waals surface area contributed by atoms with Gasteiger partial charge in [-0.3, -0.25) is 4.79 Å². The predicted octanol–water partition coefficient (Wildman–Crippen LogP) is -0.568. The lowest BCUT2D eigenvalue weighted by Gasteiger charge is -2.25. The molecule has 6 nitrogen and oxygen atoms in total. The van der Waals surface area contributed by atoms with E-state index in [-0.39, 0.29) is 18.2 Å². The Labute approximate surface area is 109 Å². The van der Waals surface area contributed by atoms with E-state index in [1.165, 1.54) is 6.42 Å². The molecule has 0 spiro atoms. The third-order valence-corrected chi connectivity index (χ3v) is 4.46. The van der Waals surface area contributed by atoms with Crippen LogP contribution in [0.2, 0.25) is 0 Å². The molecule has 18 heavy (non-hydrogen) atoms. The quantitative estimate of drug-likeness (QED) is 0.527. The molecule has 106 valence electrons. The standard InChI is InChI=1S/C11H23N3O3S/c1-12-6-5-11(15)13-7-8-18(16,17)14-9-10-3-2-4-10/h10,12,14H,2-9H2,1H3,(H,13,15). The Kier molecular flexibility index (Phi) is 6.59. The van der Waals surface area contributed by atoms with Gasteiger partial charge >= 0.3 is 0 Å². The summed E-state index contributed by atoms with van der Waals surface area (Å²) in [4.78, 5) is 11.2. The van der Waals surface area contributed by atoms with Crippen molar-refractivity contribution in [3.8, 4) is 0 Å². The van der Waals surface area contributed by atoms with E-state index >= 15 is 0 Å². The number of rotatable bonds is 9. The second kappa shape index (κ2) is 7.70. The Morgan fingerprint density at radius 1 is 1.28 bits per heavy atom. The van der Waals surface area contributed by atoms with E-state index in [9.17, 15) is 13.2 Å². The van der Waals surface area contributed by atoms with Crippen LogP contribution in [0.1, 0.15) is 25.7 Å². The first-order valence-corrected chi connectivity index (χ1v) is 8.07. The van der Waals surface area contributed by atoms with Gasteiger partial charge in [0.1, 0.15) is 0 Å². The first kappa shape index (κ1) is 15.4. The fourth-order valence-corrected chi connectivity index (χ4v) is 2.67. The van der Waals surface area contributed by atoms with Crippen LogP contribution in [0.3, 0.4) is 0 Å². The van der Waals surface area contributed by atoms with Gasteiger partial charge in [0.25, 0.3) is 0 Å². The average molecular weight is 277 g/mol. The van der Waals surface area contributed by atoms with Gasteiger partial charge in [0.05, 0.1) is 5.75 Å². The monoisotopic (exact) mass is 277 g/mol. The first-order chi connectivity index (χ1) is 8.53.